The molecule has 1 aromatic carbocycles. The standard InChI is InChI=1S/C21H27FN2O3/c1-20(2,3)27-19(25)24-16-5-4-6-17(24)12-21(26,11-16)10-15-8-7-14(13-23)9-18(15)22/h7-9,16-17,26H,4-6,10-12H2,1-3H3. The highest BCUT2D eigenvalue weighted by molar-refractivity contribution is 5.69. The van der Waals surface area contributed by atoms with Crippen molar-refractivity contribution in [2.45, 2.75) is 82.6 Å². The maximum atomic E-state index is 14.3. The number of ether oxygens (including phenoxy) is 1. The summed E-state index contributed by atoms with van der Waals surface area (Å²) in [5.74, 6) is -0.470. The van der Waals surface area contributed by atoms with Gasteiger partial charge in [-0.15, -0.1) is 0 Å². The predicted octanol–water partition coefficient (Wildman–Crippen LogP) is 3.92. The predicted molar refractivity (Wildman–Crippen MR) is 98.5 cm³/mol. The molecule has 0 saturated carbocycles. The fourth-order valence-electron chi connectivity index (χ4n) is 4.40. The van der Waals surface area contributed by atoms with E-state index in [1.165, 1.54) is 6.07 Å². The molecule has 2 heterocycles. The van der Waals surface area contributed by atoms with Gasteiger partial charge in [0, 0.05) is 18.5 Å². The van der Waals surface area contributed by atoms with Crippen LogP contribution in [0, 0.1) is 17.1 Å². The second-order valence-electron chi connectivity index (χ2n) is 8.85. The number of nitriles is 1. The van der Waals surface area contributed by atoms with Gasteiger partial charge in [-0.2, -0.15) is 5.26 Å². The van der Waals surface area contributed by atoms with Gasteiger partial charge in [-0.1, -0.05) is 6.07 Å². The Morgan fingerprint density at radius 1 is 1.37 bits per heavy atom. The van der Waals surface area contributed by atoms with Crippen LogP contribution in [0.15, 0.2) is 18.2 Å². The van der Waals surface area contributed by atoms with Crippen molar-refractivity contribution >= 4 is 6.09 Å². The lowest BCUT2D eigenvalue weighted by molar-refractivity contribution is -0.0922. The SMILES string of the molecule is CC(C)(C)OC(=O)N1C2CCCC1CC(O)(Cc1ccc(C#N)cc1F)C2. The molecule has 3 rings (SSSR count). The minimum atomic E-state index is -1.07. The maximum absolute atomic E-state index is 14.3. The molecule has 146 valence electrons. The number of benzene rings is 1. The molecular weight excluding hydrogens is 347 g/mol. The molecule has 0 radical (unpaired) electrons. The third-order valence-electron chi connectivity index (χ3n) is 5.40. The summed E-state index contributed by atoms with van der Waals surface area (Å²) in [5, 5.41) is 20.1. The van der Waals surface area contributed by atoms with E-state index in [-0.39, 0.29) is 30.2 Å². The second-order valence-corrected chi connectivity index (χ2v) is 8.85. The van der Waals surface area contributed by atoms with Crippen LogP contribution in [0.3, 0.4) is 0 Å². The van der Waals surface area contributed by atoms with E-state index in [1.54, 1.807) is 17.0 Å². The quantitative estimate of drug-likeness (QED) is 0.851. The topological polar surface area (TPSA) is 73.6 Å². The number of piperidine rings is 2. The van der Waals surface area contributed by atoms with Crippen LogP contribution in [0.4, 0.5) is 9.18 Å². The van der Waals surface area contributed by atoms with Gasteiger partial charge in [0.15, 0.2) is 0 Å². The number of hydrogen-bond donors (Lipinski definition) is 1. The van der Waals surface area contributed by atoms with E-state index >= 15 is 0 Å². The number of hydrogen-bond acceptors (Lipinski definition) is 4. The lowest BCUT2D eigenvalue weighted by Gasteiger charge is -2.51. The van der Waals surface area contributed by atoms with Gasteiger partial charge in [-0.3, -0.25) is 0 Å². The van der Waals surface area contributed by atoms with E-state index in [2.05, 4.69) is 0 Å². The molecule has 6 heteroatoms. The summed E-state index contributed by atoms with van der Waals surface area (Å²) in [6.07, 6.45) is 3.30. The smallest absolute Gasteiger partial charge is 0.410 e. The van der Waals surface area contributed by atoms with Crippen LogP contribution < -0.4 is 0 Å². The highest BCUT2D eigenvalue weighted by atomic mass is 19.1. The summed E-state index contributed by atoms with van der Waals surface area (Å²) < 4.78 is 19.9. The van der Waals surface area contributed by atoms with Crippen molar-refractivity contribution in [1.82, 2.24) is 4.90 Å². The highest BCUT2D eigenvalue weighted by Crippen LogP contribution is 2.41. The summed E-state index contributed by atoms with van der Waals surface area (Å²) in [6, 6.07) is 6.06. The molecule has 0 spiro atoms. The number of rotatable bonds is 2. The number of nitrogens with zero attached hydrogens (tertiary/aromatic N) is 2. The summed E-state index contributed by atoms with van der Waals surface area (Å²) in [7, 11) is 0. The summed E-state index contributed by atoms with van der Waals surface area (Å²) in [5.41, 5.74) is -0.964. The van der Waals surface area contributed by atoms with Crippen molar-refractivity contribution in [3.8, 4) is 6.07 Å². The van der Waals surface area contributed by atoms with Gasteiger partial charge in [-0.05, 0) is 70.6 Å². The Balaban J connectivity index is 1.77. The van der Waals surface area contributed by atoms with Crippen molar-refractivity contribution < 1.29 is 19.0 Å². The van der Waals surface area contributed by atoms with Crippen molar-refractivity contribution in [2.75, 3.05) is 0 Å². The van der Waals surface area contributed by atoms with E-state index in [1.807, 2.05) is 26.8 Å². The van der Waals surface area contributed by atoms with Crippen molar-refractivity contribution in [3.05, 3.63) is 35.1 Å². The Kier molecular flexibility index (Phi) is 5.18. The molecule has 2 atom stereocenters. The number of fused-ring (bicyclic) bond motifs is 2. The van der Waals surface area contributed by atoms with Crippen LogP contribution in [-0.2, 0) is 11.2 Å². The van der Waals surface area contributed by atoms with Gasteiger partial charge in [0.25, 0.3) is 0 Å². The monoisotopic (exact) mass is 374 g/mol. The lowest BCUT2D eigenvalue weighted by Crippen LogP contribution is -2.61. The Bertz CT molecular complexity index is 752. The van der Waals surface area contributed by atoms with Crippen LogP contribution >= 0.6 is 0 Å². The fourth-order valence-corrected chi connectivity index (χ4v) is 4.40. The molecule has 5 nitrogen and oxygen atoms in total. The van der Waals surface area contributed by atoms with E-state index in [0.29, 0.717) is 18.4 Å². The molecule has 2 aliphatic rings. The first-order chi connectivity index (χ1) is 12.6. The zero-order valence-corrected chi connectivity index (χ0v) is 16.2. The number of carbonyl (C=O) groups is 1. The number of aliphatic hydroxyl groups is 1. The molecule has 1 N–H and O–H groups in total. The average Bonchev–Trinajstić information content (AvgIpc) is 2.54. The van der Waals surface area contributed by atoms with Gasteiger partial charge in [0.1, 0.15) is 11.4 Å². The normalized spacial score (nSPS) is 27.8. The summed E-state index contributed by atoms with van der Waals surface area (Å²) >= 11 is 0. The van der Waals surface area contributed by atoms with Crippen molar-refractivity contribution in [1.29, 1.82) is 5.26 Å². The number of carbonyl (C=O) groups excluding carboxylic acids is 1. The Labute approximate surface area is 159 Å². The highest BCUT2D eigenvalue weighted by Gasteiger charge is 2.48. The molecule has 27 heavy (non-hydrogen) atoms. The van der Waals surface area contributed by atoms with Crippen LogP contribution in [0.1, 0.15) is 64.0 Å². The second kappa shape index (κ2) is 7.12. The van der Waals surface area contributed by atoms with Crippen LogP contribution in [0.25, 0.3) is 0 Å². The number of halogens is 1. The Morgan fingerprint density at radius 2 is 2.00 bits per heavy atom. The molecule has 1 amide bonds. The Hall–Kier alpha value is -2.13. The first kappa shape index (κ1) is 19.6. The van der Waals surface area contributed by atoms with E-state index < -0.39 is 17.0 Å². The summed E-state index contributed by atoms with van der Waals surface area (Å²) in [4.78, 5) is 14.4. The Morgan fingerprint density at radius 3 is 2.52 bits per heavy atom. The molecule has 2 aliphatic heterocycles. The zero-order chi connectivity index (χ0) is 19.8. The van der Waals surface area contributed by atoms with Gasteiger partial charge < -0.3 is 14.7 Å². The number of amides is 1. The van der Waals surface area contributed by atoms with E-state index in [4.69, 9.17) is 10.00 Å². The minimum Gasteiger partial charge on any atom is -0.444 e. The van der Waals surface area contributed by atoms with Crippen LogP contribution in [-0.4, -0.2) is 39.4 Å². The molecule has 0 aliphatic carbocycles. The van der Waals surface area contributed by atoms with Crippen LogP contribution in [0.2, 0.25) is 0 Å². The molecule has 2 fully saturated rings. The fraction of sp³-hybridized carbons (Fsp3) is 0.619. The maximum Gasteiger partial charge on any atom is 0.410 e. The molecule has 1 aromatic rings. The minimum absolute atomic E-state index is 0.0983. The largest absolute Gasteiger partial charge is 0.444 e. The third-order valence-corrected chi connectivity index (χ3v) is 5.40. The van der Waals surface area contributed by atoms with Gasteiger partial charge in [0.05, 0.1) is 17.2 Å². The van der Waals surface area contributed by atoms with Crippen molar-refractivity contribution in [3.63, 3.8) is 0 Å². The van der Waals surface area contributed by atoms with E-state index in [0.717, 1.165) is 19.3 Å². The zero-order valence-electron chi connectivity index (χ0n) is 16.2. The van der Waals surface area contributed by atoms with E-state index in [9.17, 15) is 14.3 Å². The van der Waals surface area contributed by atoms with Crippen molar-refractivity contribution in [2.24, 2.45) is 0 Å². The summed E-state index contributed by atoms with van der Waals surface area (Å²) in [6.45, 7) is 5.53. The average molecular weight is 374 g/mol. The lowest BCUT2D eigenvalue weighted by atomic mass is 9.73. The molecule has 0 aromatic heterocycles. The molecule has 2 saturated heterocycles. The first-order valence-corrected chi connectivity index (χ1v) is 9.52. The van der Waals surface area contributed by atoms with Crippen LogP contribution in [0.5, 0.6) is 0 Å². The molecule has 2 unspecified atom stereocenters. The van der Waals surface area contributed by atoms with Gasteiger partial charge >= 0.3 is 6.09 Å². The third kappa shape index (κ3) is 4.41. The van der Waals surface area contributed by atoms with Gasteiger partial charge in [-0.25, -0.2) is 9.18 Å². The first-order valence-electron chi connectivity index (χ1n) is 9.52. The molecular formula is C21H27FN2O3. The molecule has 2 bridgehead atoms. The van der Waals surface area contributed by atoms with Gasteiger partial charge in [0.2, 0.25) is 0 Å².